The molecular weight excluding hydrogens is 449 g/mol. The standard InChI is InChI=1S/C8H11NO2S.3C4H9.CH3.Sn/c1-9(2)12(10,11)8-6-4-3-5-7-8;3*1-3-4-2;;/h3-7H,1-2H3;3*1,3-4H2,2H3;1H3;. The normalized spacial score (nSPS) is 12.0. The van der Waals surface area contributed by atoms with Gasteiger partial charge in [-0.05, 0) is 12.1 Å². The SMILES string of the molecule is CCC[CH2][Sn]([CH3])([CH2]CCC)[CH2]CCC.CN(C)S(=O)(=O)c1ccccc1. The number of rotatable bonds is 11. The molecule has 0 saturated heterocycles. The van der Waals surface area contributed by atoms with E-state index in [4.69, 9.17) is 0 Å². The van der Waals surface area contributed by atoms with Crippen molar-refractivity contribution in [3.8, 4) is 0 Å². The van der Waals surface area contributed by atoms with Gasteiger partial charge in [0.1, 0.15) is 0 Å². The van der Waals surface area contributed by atoms with Gasteiger partial charge in [0.05, 0.1) is 4.90 Å². The molecule has 0 atom stereocenters. The number of benzene rings is 1. The van der Waals surface area contributed by atoms with Crippen LogP contribution in [0.4, 0.5) is 0 Å². The summed E-state index contributed by atoms with van der Waals surface area (Å²) >= 11 is -1.56. The molecule has 5 heteroatoms. The molecule has 0 aromatic heterocycles. The van der Waals surface area contributed by atoms with E-state index in [0.29, 0.717) is 4.90 Å². The van der Waals surface area contributed by atoms with Gasteiger partial charge in [0.15, 0.2) is 0 Å². The van der Waals surface area contributed by atoms with E-state index < -0.39 is 28.4 Å². The van der Waals surface area contributed by atoms with Crippen molar-refractivity contribution < 1.29 is 8.42 Å². The van der Waals surface area contributed by atoms with Crippen LogP contribution in [-0.4, -0.2) is 45.2 Å². The number of unbranched alkanes of at least 4 members (excludes halogenated alkanes) is 3. The molecule has 1 aromatic rings. The van der Waals surface area contributed by atoms with Crippen LogP contribution in [0.2, 0.25) is 18.2 Å². The second-order valence-corrected chi connectivity index (χ2v) is 24.5. The molecule has 0 aliphatic rings. The Morgan fingerprint density at radius 2 is 1.19 bits per heavy atom. The average molecular weight is 490 g/mol. The van der Waals surface area contributed by atoms with Crippen LogP contribution in [0.1, 0.15) is 59.3 Å². The zero-order chi connectivity index (χ0) is 20.1. The minimum atomic E-state index is -3.24. The molecule has 3 nitrogen and oxygen atoms in total. The number of nitrogens with zero attached hydrogens (tertiary/aromatic N) is 1. The van der Waals surface area contributed by atoms with E-state index in [0.717, 1.165) is 0 Å². The second-order valence-electron chi connectivity index (χ2n) is 7.72. The molecule has 0 aliphatic carbocycles. The monoisotopic (exact) mass is 491 g/mol. The third-order valence-electron chi connectivity index (χ3n) is 4.92. The molecule has 0 spiro atoms. The van der Waals surface area contributed by atoms with Crippen LogP contribution >= 0.6 is 0 Å². The first kappa shape index (κ1) is 25.9. The zero-order valence-electron chi connectivity index (χ0n) is 17.9. The molecular formula is C21H41NO2SSn. The molecule has 1 aromatic carbocycles. The van der Waals surface area contributed by atoms with Crippen molar-refractivity contribution in [1.29, 1.82) is 0 Å². The molecule has 0 N–H and O–H groups in total. The fourth-order valence-electron chi connectivity index (χ4n) is 2.99. The molecule has 0 fully saturated rings. The van der Waals surface area contributed by atoms with Crippen LogP contribution in [0.25, 0.3) is 0 Å². The largest absolute Gasteiger partial charge is 0.242 e. The first-order valence-electron chi connectivity index (χ1n) is 10.2. The van der Waals surface area contributed by atoms with E-state index in [1.807, 2.05) is 0 Å². The van der Waals surface area contributed by atoms with Crippen molar-refractivity contribution in [2.75, 3.05) is 14.1 Å². The maximum atomic E-state index is 11.5. The summed E-state index contributed by atoms with van der Waals surface area (Å²) in [5.41, 5.74) is 0. The molecule has 0 radical (unpaired) electrons. The van der Waals surface area contributed by atoms with Crippen LogP contribution in [0.3, 0.4) is 0 Å². The third kappa shape index (κ3) is 10.3. The van der Waals surface area contributed by atoms with Crippen LogP contribution in [-0.2, 0) is 10.0 Å². The molecule has 26 heavy (non-hydrogen) atoms. The smallest absolute Gasteiger partial charge is 0.207 e. The molecule has 0 heterocycles. The Labute approximate surface area is 167 Å². The summed E-state index contributed by atoms with van der Waals surface area (Å²) in [7, 11) is -0.211. The van der Waals surface area contributed by atoms with Gasteiger partial charge in [-0.2, -0.15) is 0 Å². The van der Waals surface area contributed by atoms with Crippen LogP contribution in [0, 0.1) is 0 Å². The Kier molecular flexibility index (Phi) is 14.0. The van der Waals surface area contributed by atoms with E-state index in [-0.39, 0.29) is 0 Å². The van der Waals surface area contributed by atoms with Crippen LogP contribution < -0.4 is 0 Å². The van der Waals surface area contributed by atoms with Gasteiger partial charge in [-0.15, -0.1) is 0 Å². The Balaban J connectivity index is 0.000000485. The van der Waals surface area contributed by atoms with E-state index in [9.17, 15) is 8.42 Å². The van der Waals surface area contributed by atoms with Crippen molar-refractivity contribution >= 4 is 28.4 Å². The van der Waals surface area contributed by atoms with E-state index in [2.05, 4.69) is 25.7 Å². The second kappa shape index (κ2) is 14.0. The minimum Gasteiger partial charge on any atom is -0.207 e. The molecule has 0 aliphatic heterocycles. The average Bonchev–Trinajstić information content (AvgIpc) is 2.64. The summed E-state index contributed by atoms with van der Waals surface area (Å²) in [6.45, 7) is 7.02. The first-order chi connectivity index (χ1) is 12.2. The van der Waals surface area contributed by atoms with Crippen molar-refractivity contribution in [1.82, 2.24) is 4.31 Å². The van der Waals surface area contributed by atoms with E-state index in [1.165, 1.54) is 56.9 Å². The summed E-state index contributed by atoms with van der Waals surface area (Å²) in [4.78, 5) is 3.05. The summed E-state index contributed by atoms with van der Waals surface area (Å²) in [6.07, 6.45) is 8.76. The molecule has 0 unspecified atom stereocenters. The van der Waals surface area contributed by atoms with Gasteiger partial charge >= 0.3 is 95.9 Å². The van der Waals surface area contributed by atoms with Gasteiger partial charge in [-0.1, -0.05) is 18.2 Å². The van der Waals surface area contributed by atoms with Crippen molar-refractivity contribution in [2.45, 2.75) is 82.4 Å². The summed E-state index contributed by atoms with van der Waals surface area (Å²) in [5, 5.41) is 0. The summed E-state index contributed by atoms with van der Waals surface area (Å²) < 4.78 is 29.1. The first-order valence-corrected chi connectivity index (χ1v) is 20.6. The summed E-state index contributed by atoms with van der Waals surface area (Å²) in [6, 6.07) is 8.35. The minimum absolute atomic E-state index is 0.329. The van der Waals surface area contributed by atoms with E-state index >= 15 is 0 Å². The predicted octanol–water partition coefficient (Wildman–Crippen LogP) is 6.40. The summed E-state index contributed by atoms with van der Waals surface area (Å²) in [5.74, 6) is 0. The maximum Gasteiger partial charge on any atom is 0.242 e. The Morgan fingerprint density at radius 3 is 1.50 bits per heavy atom. The number of sulfonamides is 1. The molecule has 0 amide bonds. The van der Waals surface area contributed by atoms with Crippen LogP contribution in [0.15, 0.2) is 35.2 Å². The van der Waals surface area contributed by atoms with Gasteiger partial charge < -0.3 is 0 Å². The molecule has 0 bridgehead atoms. The van der Waals surface area contributed by atoms with Gasteiger partial charge in [0.2, 0.25) is 10.0 Å². The zero-order valence-corrected chi connectivity index (χ0v) is 21.6. The van der Waals surface area contributed by atoms with Gasteiger partial charge in [-0.25, -0.2) is 12.7 Å². The maximum absolute atomic E-state index is 11.5. The number of hydrogen-bond acceptors (Lipinski definition) is 2. The molecule has 152 valence electrons. The Hall–Kier alpha value is -0.0713. The quantitative estimate of drug-likeness (QED) is 0.337. The topological polar surface area (TPSA) is 37.4 Å². The van der Waals surface area contributed by atoms with E-state index in [1.54, 1.807) is 43.6 Å². The molecule has 1 rings (SSSR count). The van der Waals surface area contributed by atoms with Crippen molar-refractivity contribution in [2.24, 2.45) is 0 Å². The van der Waals surface area contributed by atoms with Gasteiger partial charge in [-0.3, -0.25) is 0 Å². The predicted molar refractivity (Wildman–Crippen MR) is 118 cm³/mol. The fourth-order valence-corrected chi connectivity index (χ4v) is 16.4. The fraction of sp³-hybridized carbons (Fsp3) is 0.714. The molecule has 0 saturated carbocycles. The Morgan fingerprint density at radius 1 is 0.808 bits per heavy atom. The van der Waals surface area contributed by atoms with Gasteiger partial charge in [0.25, 0.3) is 0 Å². The van der Waals surface area contributed by atoms with Crippen molar-refractivity contribution in [3.05, 3.63) is 30.3 Å². The van der Waals surface area contributed by atoms with Crippen molar-refractivity contribution in [3.63, 3.8) is 0 Å². The Bertz CT molecular complexity index is 537. The number of hydrogen-bond donors (Lipinski definition) is 0. The van der Waals surface area contributed by atoms with Gasteiger partial charge in [0, 0.05) is 14.1 Å². The third-order valence-corrected chi connectivity index (χ3v) is 20.1. The van der Waals surface area contributed by atoms with Crippen LogP contribution in [0.5, 0.6) is 0 Å².